The van der Waals surface area contributed by atoms with Gasteiger partial charge in [-0.3, -0.25) is 9.59 Å². The number of hydrogen-bond donors (Lipinski definition) is 0. The zero-order valence-electron chi connectivity index (χ0n) is 22.8. The number of thioether (sulfide) groups is 1. The molecular formula is C31H34O8S. The van der Waals surface area contributed by atoms with Gasteiger partial charge in [0, 0.05) is 18.7 Å². The van der Waals surface area contributed by atoms with Crippen LogP contribution in [0.4, 0.5) is 0 Å². The van der Waals surface area contributed by atoms with E-state index in [1.54, 1.807) is 7.11 Å². The smallest absolute Gasteiger partial charge is 0.303 e. The van der Waals surface area contributed by atoms with Crippen LogP contribution in [0.5, 0.6) is 5.75 Å². The largest absolute Gasteiger partial charge is 0.497 e. The first-order valence-electron chi connectivity index (χ1n) is 13.0. The maximum absolute atomic E-state index is 12.2. The summed E-state index contributed by atoms with van der Waals surface area (Å²) < 4.78 is 35.8. The predicted molar refractivity (Wildman–Crippen MR) is 150 cm³/mol. The third-order valence-electron chi connectivity index (χ3n) is 6.23. The first-order chi connectivity index (χ1) is 19.4. The summed E-state index contributed by atoms with van der Waals surface area (Å²) in [7, 11) is 1.62. The van der Waals surface area contributed by atoms with Crippen LogP contribution in [0.3, 0.4) is 0 Å². The zero-order chi connectivity index (χ0) is 28.3. The maximum atomic E-state index is 12.2. The van der Waals surface area contributed by atoms with Crippen LogP contribution >= 0.6 is 11.8 Å². The number of carbonyl (C=O) groups excluding carboxylic acids is 2. The number of carbonyl (C=O) groups is 2. The van der Waals surface area contributed by atoms with Gasteiger partial charge in [0.15, 0.2) is 6.10 Å². The van der Waals surface area contributed by atoms with E-state index in [-0.39, 0.29) is 19.8 Å². The highest BCUT2D eigenvalue weighted by atomic mass is 32.2. The van der Waals surface area contributed by atoms with Crippen LogP contribution in [0, 0.1) is 0 Å². The van der Waals surface area contributed by atoms with Crippen LogP contribution in [0.2, 0.25) is 0 Å². The summed E-state index contributed by atoms with van der Waals surface area (Å²) in [5.74, 6) is -0.218. The van der Waals surface area contributed by atoms with Crippen molar-refractivity contribution in [3.63, 3.8) is 0 Å². The fourth-order valence-electron chi connectivity index (χ4n) is 4.32. The van der Waals surface area contributed by atoms with Crippen LogP contribution in [-0.2, 0) is 46.5 Å². The van der Waals surface area contributed by atoms with Crippen molar-refractivity contribution in [1.82, 2.24) is 0 Å². The van der Waals surface area contributed by atoms with E-state index in [9.17, 15) is 9.59 Å². The summed E-state index contributed by atoms with van der Waals surface area (Å²) in [6.45, 7) is 3.07. The molecule has 3 aromatic rings. The monoisotopic (exact) mass is 566 g/mol. The Labute approximate surface area is 238 Å². The van der Waals surface area contributed by atoms with Gasteiger partial charge in [-0.25, -0.2) is 0 Å². The first kappa shape index (κ1) is 29.6. The minimum atomic E-state index is -0.881. The van der Waals surface area contributed by atoms with Crippen LogP contribution in [0.15, 0.2) is 89.8 Å². The van der Waals surface area contributed by atoms with Crippen molar-refractivity contribution in [2.24, 2.45) is 0 Å². The second-order valence-electron chi connectivity index (χ2n) is 9.24. The summed E-state index contributed by atoms with van der Waals surface area (Å²) in [6, 6.07) is 27.1. The molecule has 0 N–H and O–H groups in total. The average Bonchev–Trinajstić information content (AvgIpc) is 2.96. The molecule has 1 fully saturated rings. The van der Waals surface area contributed by atoms with Gasteiger partial charge in [-0.2, -0.15) is 0 Å². The number of hydrogen-bond acceptors (Lipinski definition) is 9. The van der Waals surface area contributed by atoms with Crippen molar-refractivity contribution in [3.8, 4) is 5.75 Å². The van der Waals surface area contributed by atoms with Gasteiger partial charge in [-0.15, -0.1) is 0 Å². The predicted octanol–water partition coefficient (Wildman–Crippen LogP) is 5.18. The quantitative estimate of drug-likeness (QED) is 0.275. The van der Waals surface area contributed by atoms with E-state index in [4.69, 9.17) is 28.4 Å². The molecule has 4 rings (SSSR count). The SMILES string of the molecule is COc1ccc(CO[C@@H]2[C@@H](OCc3ccccc3)[C@H](OC(C)=O)[C@@H](COC(C)=O)O[C@H]2Sc2ccccc2)cc1. The molecule has 1 saturated heterocycles. The lowest BCUT2D eigenvalue weighted by atomic mass is 9.99. The molecule has 5 atom stereocenters. The standard InChI is InChI=1S/C31H34O8S/c1-21(32)35-20-27-28(38-22(2)33)29(36-18-23-10-6-4-7-11-23)30(31(39-27)40-26-12-8-5-9-13-26)37-19-24-14-16-25(34-3)17-15-24/h4-17,27-31H,18-20H2,1-3H3/t27-,28-,29+,30-,31+/m1/s1. The molecule has 0 amide bonds. The summed E-state index contributed by atoms with van der Waals surface area (Å²) in [5.41, 5.74) is 1.32. The lowest BCUT2D eigenvalue weighted by Gasteiger charge is -2.45. The number of esters is 2. The molecule has 1 aliphatic heterocycles. The Morgan fingerprint density at radius 2 is 1.35 bits per heavy atom. The van der Waals surface area contributed by atoms with Crippen LogP contribution in [-0.4, -0.2) is 55.5 Å². The van der Waals surface area contributed by atoms with Gasteiger partial charge in [0.2, 0.25) is 0 Å². The molecule has 40 heavy (non-hydrogen) atoms. The molecule has 0 aliphatic carbocycles. The highest BCUT2D eigenvalue weighted by Gasteiger charge is 2.50. The molecule has 0 spiro atoms. The normalized spacial score (nSPS) is 22.3. The summed E-state index contributed by atoms with van der Waals surface area (Å²) in [4.78, 5) is 24.9. The van der Waals surface area contributed by atoms with Gasteiger partial charge < -0.3 is 28.4 Å². The van der Waals surface area contributed by atoms with Crippen molar-refractivity contribution < 1.29 is 38.0 Å². The number of benzene rings is 3. The summed E-state index contributed by atoms with van der Waals surface area (Å²) >= 11 is 1.47. The molecule has 0 saturated carbocycles. The van der Waals surface area contributed by atoms with Crippen molar-refractivity contribution in [2.75, 3.05) is 13.7 Å². The van der Waals surface area contributed by atoms with Gasteiger partial charge >= 0.3 is 11.9 Å². The molecule has 1 heterocycles. The molecule has 3 aromatic carbocycles. The molecule has 8 nitrogen and oxygen atoms in total. The topological polar surface area (TPSA) is 89.5 Å². The average molecular weight is 567 g/mol. The Hall–Kier alpha value is -3.37. The highest BCUT2D eigenvalue weighted by molar-refractivity contribution is 7.99. The van der Waals surface area contributed by atoms with E-state index in [2.05, 4.69) is 0 Å². The molecule has 0 radical (unpaired) electrons. The van der Waals surface area contributed by atoms with E-state index in [1.807, 2.05) is 84.9 Å². The Morgan fingerprint density at radius 1 is 0.750 bits per heavy atom. The Kier molecular flexibility index (Phi) is 11.0. The van der Waals surface area contributed by atoms with Crippen molar-refractivity contribution >= 4 is 23.7 Å². The second-order valence-corrected chi connectivity index (χ2v) is 10.4. The van der Waals surface area contributed by atoms with E-state index in [0.29, 0.717) is 0 Å². The third-order valence-corrected chi connectivity index (χ3v) is 7.38. The molecule has 212 valence electrons. The molecule has 0 aromatic heterocycles. The lowest BCUT2D eigenvalue weighted by Crippen LogP contribution is -2.60. The van der Waals surface area contributed by atoms with Crippen molar-refractivity contribution in [3.05, 3.63) is 96.1 Å². The van der Waals surface area contributed by atoms with Gasteiger partial charge in [0.25, 0.3) is 0 Å². The summed E-state index contributed by atoms with van der Waals surface area (Å²) in [6.07, 6.45) is -3.02. The molecule has 0 unspecified atom stereocenters. The molecular weight excluding hydrogens is 532 g/mol. The van der Waals surface area contributed by atoms with Gasteiger partial charge in [0.05, 0.1) is 20.3 Å². The summed E-state index contributed by atoms with van der Waals surface area (Å²) in [5, 5.41) is 0. The van der Waals surface area contributed by atoms with E-state index in [1.165, 1.54) is 25.6 Å². The molecule has 1 aliphatic rings. The third kappa shape index (κ3) is 8.56. The Morgan fingerprint density at radius 3 is 1.95 bits per heavy atom. The van der Waals surface area contributed by atoms with Gasteiger partial charge in [-0.05, 0) is 35.4 Å². The first-order valence-corrected chi connectivity index (χ1v) is 13.9. The number of ether oxygens (including phenoxy) is 6. The zero-order valence-corrected chi connectivity index (χ0v) is 23.6. The van der Waals surface area contributed by atoms with Gasteiger partial charge in [0.1, 0.15) is 36.1 Å². The van der Waals surface area contributed by atoms with Crippen LogP contribution in [0.25, 0.3) is 0 Å². The van der Waals surface area contributed by atoms with Crippen LogP contribution in [0.1, 0.15) is 25.0 Å². The minimum Gasteiger partial charge on any atom is -0.497 e. The van der Waals surface area contributed by atoms with Crippen molar-refractivity contribution in [1.29, 1.82) is 0 Å². The lowest BCUT2D eigenvalue weighted by molar-refractivity contribution is -0.246. The Bertz CT molecular complexity index is 1210. The molecule has 9 heteroatoms. The number of rotatable bonds is 12. The highest BCUT2D eigenvalue weighted by Crippen LogP contribution is 2.38. The Balaban J connectivity index is 1.66. The van der Waals surface area contributed by atoms with Gasteiger partial charge in [-0.1, -0.05) is 72.4 Å². The second kappa shape index (κ2) is 14.9. The fourth-order valence-corrected chi connectivity index (χ4v) is 5.47. The molecule has 0 bridgehead atoms. The minimum absolute atomic E-state index is 0.102. The maximum Gasteiger partial charge on any atom is 0.303 e. The van der Waals surface area contributed by atoms with E-state index in [0.717, 1.165) is 21.8 Å². The van der Waals surface area contributed by atoms with Crippen molar-refractivity contribution in [2.45, 2.75) is 61.8 Å². The van der Waals surface area contributed by atoms with E-state index >= 15 is 0 Å². The fraction of sp³-hybridized carbons (Fsp3) is 0.355. The number of methoxy groups -OCH3 is 1. The van der Waals surface area contributed by atoms with Crippen LogP contribution < -0.4 is 4.74 Å². The van der Waals surface area contributed by atoms with E-state index < -0.39 is 41.8 Å².